The molecule has 124 valence electrons. The molecule has 3 nitrogen and oxygen atoms in total. The maximum atomic E-state index is 12.3. The van der Waals surface area contributed by atoms with Crippen molar-refractivity contribution in [3.63, 3.8) is 0 Å². The van der Waals surface area contributed by atoms with Crippen LogP contribution in [0.4, 0.5) is 0 Å². The summed E-state index contributed by atoms with van der Waals surface area (Å²) in [5.41, 5.74) is 2.72. The van der Waals surface area contributed by atoms with Crippen molar-refractivity contribution in [3.05, 3.63) is 71.8 Å². The fraction of sp³-hybridized carbons (Fsp3) is 0.381. The summed E-state index contributed by atoms with van der Waals surface area (Å²) in [6.45, 7) is 3.82. The second kappa shape index (κ2) is 6.78. The standard InChI is InChI=1S/C21H24N2O/c24-21(19-11-12-19)23-15-13-22(14-16-23)20(17-7-3-1-4-8-17)18-9-5-2-6-10-18/h1-10,19-20H,11-16H2/p+1. The number of hydrogen-bond donors (Lipinski definition) is 1. The van der Waals surface area contributed by atoms with E-state index in [1.54, 1.807) is 4.90 Å². The van der Waals surface area contributed by atoms with E-state index >= 15 is 0 Å². The van der Waals surface area contributed by atoms with Crippen LogP contribution in [0.2, 0.25) is 0 Å². The zero-order valence-electron chi connectivity index (χ0n) is 14.0. The molecule has 24 heavy (non-hydrogen) atoms. The minimum Gasteiger partial charge on any atom is -0.331 e. The van der Waals surface area contributed by atoms with E-state index in [-0.39, 0.29) is 0 Å². The molecule has 2 aliphatic rings. The molecule has 1 N–H and O–H groups in total. The molecule has 0 spiro atoms. The molecular formula is C21H25N2O+. The maximum Gasteiger partial charge on any atom is 0.226 e. The summed E-state index contributed by atoms with van der Waals surface area (Å²) in [7, 11) is 0. The van der Waals surface area contributed by atoms with Gasteiger partial charge in [-0.15, -0.1) is 0 Å². The third kappa shape index (κ3) is 3.22. The topological polar surface area (TPSA) is 24.8 Å². The van der Waals surface area contributed by atoms with Gasteiger partial charge in [0.05, 0.1) is 26.2 Å². The molecule has 1 saturated heterocycles. The number of nitrogens with zero attached hydrogens (tertiary/aromatic N) is 1. The van der Waals surface area contributed by atoms with E-state index in [2.05, 4.69) is 65.6 Å². The van der Waals surface area contributed by atoms with Crippen molar-refractivity contribution in [1.29, 1.82) is 0 Å². The lowest BCUT2D eigenvalue weighted by molar-refractivity contribution is -0.929. The number of carbonyl (C=O) groups is 1. The average molecular weight is 321 g/mol. The van der Waals surface area contributed by atoms with Gasteiger partial charge in [0.1, 0.15) is 6.04 Å². The third-order valence-corrected chi connectivity index (χ3v) is 5.32. The van der Waals surface area contributed by atoms with Crippen LogP contribution >= 0.6 is 0 Å². The molecule has 2 aromatic carbocycles. The first kappa shape index (κ1) is 15.4. The highest BCUT2D eigenvalue weighted by Gasteiger charge is 2.37. The van der Waals surface area contributed by atoms with Gasteiger partial charge in [-0.05, 0) is 12.8 Å². The minimum atomic E-state index is 0.339. The van der Waals surface area contributed by atoms with Gasteiger partial charge in [0, 0.05) is 17.0 Å². The Labute approximate surface area is 143 Å². The molecule has 0 aromatic heterocycles. The van der Waals surface area contributed by atoms with Gasteiger partial charge in [-0.2, -0.15) is 0 Å². The zero-order valence-corrected chi connectivity index (χ0v) is 14.0. The summed E-state index contributed by atoms with van der Waals surface area (Å²) in [6, 6.07) is 21.9. The van der Waals surface area contributed by atoms with Crippen molar-refractivity contribution in [2.24, 2.45) is 5.92 Å². The Morgan fingerprint density at radius 3 is 1.83 bits per heavy atom. The van der Waals surface area contributed by atoms with Crippen molar-refractivity contribution in [1.82, 2.24) is 4.90 Å². The molecular weight excluding hydrogens is 296 g/mol. The second-order valence-electron chi connectivity index (χ2n) is 7.01. The highest BCUT2D eigenvalue weighted by atomic mass is 16.2. The van der Waals surface area contributed by atoms with Crippen molar-refractivity contribution < 1.29 is 9.69 Å². The summed E-state index contributed by atoms with van der Waals surface area (Å²) >= 11 is 0. The Bertz CT molecular complexity index is 634. The Kier molecular flexibility index (Phi) is 4.35. The molecule has 0 radical (unpaired) electrons. The molecule has 0 unspecified atom stereocenters. The Morgan fingerprint density at radius 1 is 0.875 bits per heavy atom. The SMILES string of the molecule is O=C(C1CC1)N1CC[NH+](C(c2ccccc2)c2ccccc2)CC1. The third-order valence-electron chi connectivity index (χ3n) is 5.32. The average Bonchev–Trinajstić information content (AvgIpc) is 3.49. The van der Waals surface area contributed by atoms with Crippen molar-refractivity contribution in [2.75, 3.05) is 26.2 Å². The molecule has 3 heteroatoms. The van der Waals surface area contributed by atoms with E-state index in [1.165, 1.54) is 11.1 Å². The summed E-state index contributed by atoms with van der Waals surface area (Å²) < 4.78 is 0. The lowest BCUT2D eigenvalue weighted by Crippen LogP contribution is -3.15. The predicted octanol–water partition coefficient (Wildman–Crippen LogP) is 1.91. The smallest absolute Gasteiger partial charge is 0.226 e. The van der Waals surface area contributed by atoms with Crippen molar-refractivity contribution >= 4 is 5.91 Å². The summed E-state index contributed by atoms with van der Waals surface area (Å²) in [6.07, 6.45) is 2.20. The Morgan fingerprint density at radius 2 is 1.38 bits per heavy atom. The first-order chi connectivity index (χ1) is 11.8. The maximum absolute atomic E-state index is 12.3. The summed E-state index contributed by atoms with van der Waals surface area (Å²) in [5.74, 6) is 0.732. The predicted molar refractivity (Wildman–Crippen MR) is 94.7 cm³/mol. The molecule has 1 amide bonds. The molecule has 2 aromatic rings. The van der Waals surface area contributed by atoms with Crippen molar-refractivity contribution in [2.45, 2.75) is 18.9 Å². The Balaban J connectivity index is 1.53. The molecule has 0 atom stereocenters. The number of quaternary nitrogens is 1. The number of nitrogens with one attached hydrogen (secondary N) is 1. The number of rotatable bonds is 4. The molecule has 0 bridgehead atoms. The summed E-state index contributed by atoms with van der Waals surface area (Å²) in [4.78, 5) is 15.9. The van der Waals surface area contributed by atoms with Gasteiger partial charge in [-0.3, -0.25) is 4.79 Å². The van der Waals surface area contributed by atoms with E-state index in [0.717, 1.165) is 39.0 Å². The lowest BCUT2D eigenvalue weighted by atomic mass is 9.96. The molecule has 1 heterocycles. The molecule has 1 aliphatic carbocycles. The van der Waals surface area contributed by atoms with Crippen molar-refractivity contribution in [3.8, 4) is 0 Å². The largest absolute Gasteiger partial charge is 0.331 e. The molecule has 4 rings (SSSR count). The van der Waals surface area contributed by atoms with Crippen LogP contribution < -0.4 is 4.90 Å². The highest BCUT2D eigenvalue weighted by Crippen LogP contribution is 2.31. The molecule has 1 aliphatic heterocycles. The number of amides is 1. The molecule has 2 fully saturated rings. The molecule has 1 saturated carbocycles. The van der Waals surface area contributed by atoms with Gasteiger partial charge in [-0.1, -0.05) is 60.7 Å². The van der Waals surface area contributed by atoms with Gasteiger partial charge >= 0.3 is 0 Å². The second-order valence-corrected chi connectivity index (χ2v) is 7.01. The summed E-state index contributed by atoms with van der Waals surface area (Å²) in [5, 5.41) is 0. The van der Waals surface area contributed by atoms with Gasteiger partial charge in [-0.25, -0.2) is 0 Å². The number of hydrogen-bond acceptors (Lipinski definition) is 1. The Hall–Kier alpha value is -2.13. The van der Waals surface area contributed by atoms with Gasteiger partial charge < -0.3 is 9.80 Å². The van der Waals surface area contributed by atoms with Crippen LogP contribution in [0.15, 0.2) is 60.7 Å². The van der Waals surface area contributed by atoms with Crippen LogP contribution in [0.1, 0.15) is 30.0 Å². The van der Waals surface area contributed by atoms with Crippen LogP contribution in [0.5, 0.6) is 0 Å². The van der Waals surface area contributed by atoms with Crippen LogP contribution in [0.25, 0.3) is 0 Å². The van der Waals surface area contributed by atoms with E-state index in [4.69, 9.17) is 0 Å². The fourth-order valence-corrected chi connectivity index (χ4v) is 3.85. The minimum absolute atomic E-state index is 0.339. The van der Waals surface area contributed by atoms with E-state index in [1.807, 2.05) is 0 Å². The van der Waals surface area contributed by atoms with Crippen LogP contribution in [0.3, 0.4) is 0 Å². The van der Waals surface area contributed by atoms with Gasteiger partial charge in [0.2, 0.25) is 5.91 Å². The normalized spacial score (nSPS) is 18.8. The highest BCUT2D eigenvalue weighted by molar-refractivity contribution is 5.81. The number of carbonyl (C=O) groups excluding carboxylic acids is 1. The van der Waals surface area contributed by atoms with E-state index in [0.29, 0.717) is 17.9 Å². The van der Waals surface area contributed by atoms with E-state index < -0.39 is 0 Å². The quantitative estimate of drug-likeness (QED) is 0.914. The number of piperazine rings is 1. The first-order valence-electron chi connectivity index (χ1n) is 9.06. The number of benzene rings is 2. The fourth-order valence-electron chi connectivity index (χ4n) is 3.85. The van der Waals surface area contributed by atoms with Crippen LogP contribution in [-0.4, -0.2) is 37.0 Å². The van der Waals surface area contributed by atoms with Crippen LogP contribution in [-0.2, 0) is 4.79 Å². The first-order valence-corrected chi connectivity index (χ1v) is 9.06. The lowest BCUT2D eigenvalue weighted by Gasteiger charge is -2.37. The van der Waals surface area contributed by atoms with E-state index in [9.17, 15) is 4.79 Å². The monoisotopic (exact) mass is 321 g/mol. The van der Waals surface area contributed by atoms with Crippen LogP contribution in [0, 0.1) is 5.92 Å². The zero-order chi connectivity index (χ0) is 16.4. The van der Waals surface area contributed by atoms with Gasteiger partial charge in [0.15, 0.2) is 0 Å². The van der Waals surface area contributed by atoms with Gasteiger partial charge in [0.25, 0.3) is 0 Å².